The Morgan fingerprint density at radius 1 is 0.793 bits per heavy atom. The van der Waals surface area contributed by atoms with E-state index in [1.807, 2.05) is 6.92 Å². The van der Waals surface area contributed by atoms with Gasteiger partial charge in [-0.3, -0.25) is 9.59 Å². The Balaban J connectivity index is 4.61. The molecule has 0 saturated heterocycles. The molecular weight excluding hydrogens is 392 g/mol. The molecule has 0 bridgehead atoms. The molecule has 3 atom stereocenters. The van der Waals surface area contributed by atoms with Crippen molar-refractivity contribution in [3.8, 4) is 0 Å². The van der Waals surface area contributed by atoms with Gasteiger partial charge in [0.2, 0.25) is 0 Å². The van der Waals surface area contributed by atoms with Gasteiger partial charge < -0.3 is 9.47 Å². The summed E-state index contributed by atoms with van der Waals surface area (Å²) in [5.41, 5.74) is 0. The summed E-state index contributed by atoms with van der Waals surface area (Å²) >= 11 is 0. The smallest absolute Gasteiger partial charge is 0.324 e. The van der Waals surface area contributed by atoms with Crippen molar-refractivity contribution in [2.24, 2.45) is 11.8 Å². The van der Waals surface area contributed by atoms with E-state index in [1.54, 1.807) is 0 Å². The summed E-state index contributed by atoms with van der Waals surface area (Å²) in [6.07, 6.45) is 8.87. The van der Waals surface area contributed by atoms with E-state index in [0.717, 1.165) is 57.6 Å². The average Bonchev–Trinajstić information content (AvgIpc) is 2.67. The number of sulfone groups is 1. The van der Waals surface area contributed by atoms with Gasteiger partial charge in [-0.15, -0.1) is 0 Å². The molecule has 0 aromatic carbocycles. The van der Waals surface area contributed by atoms with Crippen LogP contribution in [0, 0.1) is 11.8 Å². The molecule has 0 fully saturated rings. The molecule has 6 nitrogen and oxygen atoms in total. The minimum atomic E-state index is -3.66. The van der Waals surface area contributed by atoms with Crippen LogP contribution in [0.5, 0.6) is 0 Å². The van der Waals surface area contributed by atoms with Crippen LogP contribution in [0.4, 0.5) is 0 Å². The van der Waals surface area contributed by atoms with Crippen LogP contribution in [-0.4, -0.2) is 45.1 Å². The predicted octanol–water partition coefficient (Wildman–Crippen LogP) is 4.70. The van der Waals surface area contributed by atoms with E-state index in [9.17, 15) is 18.0 Å². The molecule has 172 valence electrons. The van der Waals surface area contributed by atoms with Crippen molar-refractivity contribution in [3.63, 3.8) is 0 Å². The van der Waals surface area contributed by atoms with Crippen LogP contribution >= 0.6 is 0 Å². The Morgan fingerprint density at radius 2 is 1.28 bits per heavy atom. The maximum atomic E-state index is 12.4. The lowest BCUT2D eigenvalue weighted by Gasteiger charge is -2.18. The topological polar surface area (TPSA) is 86.7 Å². The summed E-state index contributed by atoms with van der Waals surface area (Å²) in [5, 5.41) is -1.32. The number of carbonyl (C=O) groups is 2. The molecule has 0 aromatic heterocycles. The fourth-order valence-corrected chi connectivity index (χ4v) is 4.09. The summed E-state index contributed by atoms with van der Waals surface area (Å²) < 4.78 is 34.7. The standard InChI is InChI=1S/C22H42O6S/c1-6-10-12-18(8-3)16-27-21(23)15-14-20(29(5,25)26)22(24)28-17-19(9-4)13-11-7-2/h18-20H,6-17H2,1-5H3. The summed E-state index contributed by atoms with van der Waals surface area (Å²) in [7, 11) is -3.66. The zero-order valence-corrected chi connectivity index (χ0v) is 19.9. The van der Waals surface area contributed by atoms with Gasteiger partial charge >= 0.3 is 11.9 Å². The number of esters is 2. The van der Waals surface area contributed by atoms with E-state index in [-0.39, 0.29) is 25.4 Å². The highest BCUT2D eigenvalue weighted by atomic mass is 32.2. The van der Waals surface area contributed by atoms with Crippen molar-refractivity contribution in [2.75, 3.05) is 19.5 Å². The summed E-state index contributed by atoms with van der Waals surface area (Å²) in [6.45, 7) is 8.89. The van der Waals surface area contributed by atoms with Crippen LogP contribution in [0.15, 0.2) is 0 Å². The first-order valence-corrected chi connectivity index (χ1v) is 13.2. The minimum Gasteiger partial charge on any atom is -0.465 e. The molecule has 0 amide bonds. The van der Waals surface area contributed by atoms with Gasteiger partial charge in [-0.05, 0) is 31.1 Å². The lowest BCUT2D eigenvalue weighted by atomic mass is 10.0. The van der Waals surface area contributed by atoms with Crippen LogP contribution in [0.3, 0.4) is 0 Å². The second-order valence-corrected chi connectivity index (χ2v) is 10.2. The Hall–Kier alpha value is -1.11. The van der Waals surface area contributed by atoms with Gasteiger partial charge in [0.25, 0.3) is 0 Å². The van der Waals surface area contributed by atoms with E-state index in [1.165, 1.54) is 0 Å². The molecular formula is C22H42O6S. The van der Waals surface area contributed by atoms with E-state index in [4.69, 9.17) is 9.47 Å². The van der Waals surface area contributed by atoms with Crippen LogP contribution in [0.2, 0.25) is 0 Å². The van der Waals surface area contributed by atoms with Gasteiger partial charge in [-0.2, -0.15) is 0 Å². The monoisotopic (exact) mass is 434 g/mol. The van der Waals surface area contributed by atoms with Crippen molar-refractivity contribution in [2.45, 2.75) is 97.2 Å². The molecule has 7 heteroatoms. The SMILES string of the molecule is CCCCC(CC)COC(=O)CCC(C(=O)OCC(CC)CCCC)S(C)(=O)=O. The predicted molar refractivity (Wildman–Crippen MR) is 116 cm³/mol. The normalized spacial score (nSPS) is 14.8. The highest BCUT2D eigenvalue weighted by Gasteiger charge is 2.31. The largest absolute Gasteiger partial charge is 0.465 e. The molecule has 0 spiro atoms. The van der Waals surface area contributed by atoms with Gasteiger partial charge in [0.1, 0.15) is 0 Å². The lowest BCUT2D eigenvalue weighted by molar-refractivity contribution is -0.146. The third-order valence-corrected chi connectivity index (χ3v) is 6.88. The summed E-state index contributed by atoms with van der Waals surface area (Å²) in [4.78, 5) is 24.4. The second kappa shape index (κ2) is 15.7. The van der Waals surface area contributed by atoms with Crippen molar-refractivity contribution in [1.82, 2.24) is 0 Å². The molecule has 0 aliphatic rings. The minimum absolute atomic E-state index is 0.103. The van der Waals surface area contributed by atoms with Gasteiger partial charge in [0.05, 0.1) is 13.2 Å². The lowest BCUT2D eigenvalue weighted by Crippen LogP contribution is -2.33. The maximum Gasteiger partial charge on any atom is 0.324 e. The van der Waals surface area contributed by atoms with E-state index in [2.05, 4.69) is 20.8 Å². The molecule has 0 rings (SSSR count). The molecule has 0 radical (unpaired) electrons. The highest BCUT2D eigenvalue weighted by Crippen LogP contribution is 2.17. The first-order chi connectivity index (χ1) is 13.7. The molecule has 0 N–H and O–H groups in total. The third kappa shape index (κ3) is 12.9. The van der Waals surface area contributed by atoms with Crippen molar-refractivity contribution < 1.29 is 27.5 Å². The number of hydrogen-bond acceptors (Lipinski definition) is 6. The molecule has 0 heterocycles. The van der Waals surface area contributed by atoms with E-state index in [0.29, 0.717) is 12.5 Å². The van der Waals surface area contributed by atoms with Gasteiger partial charge in [0.15, 0.2) is 15.1 Å². The van der Waals surface area contributed by atoms with Crippen LogP contribution < -0.4 is 0 Å². The molecule has 0 aliphatic carbocycles. The fourth-order valence-electron chi connectivity index (χ4n) is 3.13. The van der Waals surface area contributed by atoms with Gasteiger partial charge in [-0.25, -0.2) is 8.42 Å². The van der Waals surface area contributed by atoms with E-state index < -0.39 is 27.0 Å². The first kappa shape index (κ1) is 27.9. The fraction of sp³-hybridized carbons (Fsp3) is 0.909. The van der Waals surface area contributed by atoms with Gasteiger partial charge in [0, 0.05) is 12.7 Å². The maximum absolute atomic E-state index is 12.4. The molecule has 3 unspecified atom stereocenters. The van der Waals surface area contributed by atoms with Gasteiger partial charge in [-0.1, -0.05) is 66.2 Å². The van der Waals surface area contributed by atoms with Crippen LogP contribution in [-0.2, 0) is 28.9 Å². The Labute approximate surface area is 178 Å². The number of rotatable bonds is 17. The Morgan fingerprint density at radius 3 is 1.69 bits per heavy atom. The zero-order chi connectivity index (χ0) is 22.3. The number of carbonyl (C=O) groups excluding carboxylic acids is 2. The number of hydrogen-bond donors (Lipinski definition) is 0. The molecule has 0 aromatic rings. The number of unbranched alkanes of at least 4 members (excludes halogenated alkanes) is 2. The average molecular weight is 435 g/mol. The van der Waals surface area contributed by atoms with Crippen molar-refractivity contribution in [1.29, 1.82) is 0 Å². The molecule has 0 saturated carbocycles. The number of ether oxygens (including phenoxy) is 2. The summed E-state index contributed by atoms with van der Waals surface area (Å²) in [6, 6.07) is 0. The molecule has 29 heavy (non-hydrogen) atoms. The van der Waals surface area contributed by atoms with Crippen LogP contribution in [0.25, 0.3) is 0 Å². The third-order valence-electron chi connectivity index (χ3n) is 5.42. The van der Waals surface area contributed by atoms with Crippen LogP contribution in [0.1, 0.15) is 91.9 Å². The molecule has 0 aliphatic heterocycles. The second-order valence-electron chi connectivity index (χ2n) is 8.00. The zero-order valence-electron chi connectivity index (χ0n) is 19.1. The first-order valence-electron chi connectivity index (χ1n) is 11.2. The van der Waals surface area contributed by atoms with Crippen molar-refractivity contribution in [3.05, 3.63) is 0 Å². The highest BCUT2D eigenvalue weighted by molar-refractivity contribution is 7.92. The Kier molecular flexibility index (Phi) is 15.1. The Bertz CT molecular complexity index is 558. The quantitative estimate of drug-likeness (QED) is 0.308. The van der Waals surface area contributed by atoms with Crippen molar-refractivity contribution >= 4 is 21.8 Å². The van der Waals surface area contributed by atoms with E-state index >= 15 is 0 Å². The summed E-state index contributed by atoms with van der Waals surface area (Å²) in [5.74, 6) is -0.665.